The van der Waals surface area contributed by atoms with Gasteiger partial charge in [-0.1, -0.05) is 86.1 Å². The Hall–Kier alpha value is -3.59. The maximum absolute atomic E-state index is 12.3. The van der Waals surface area contributed by atoms with Gasteiger partial charge in [0.1, 0.15) is 5.75 Å². The number of unbranched alkanes of at least 4 members (excludes halogenated alkanes) is 1. The molecule has 158 valence electrons. The summed E-state index contributed by atoms with van der Waals surface area (Å²) in [5.74, 6) is 0.469. The van der Waals surface area contributed by atoms with Crippen LogP contribution in [0, 0.1) is 0 Å². The Morgan fingerprint density at radius 1 is 0.774 bits per heavy atom. The third-order valence-corrected chi connectivity index (χ3v) is 4.92. The maximum Gasteiger partial charge on any atom is 0.330 e. The Balaban J connectivity index is 2.14. The van der Waals surface area contributed by atoms with Gasteiger partial charge in [0, 0.05) is 6.08 Å². The minimum atomic E-state index is -0.330. The van der Waals surface area contributed by atoms with Crippen molar-refractivity contribution in [3.8, 4) is 5.75 Å². The zero-order valence-corrected chi connectivity index (χ0v) is 18.1. The number of benzene rings is 3. The average molecular weight is 413 g/mol. The lowest BCUT2D eigenvalue weighted by molar-refractivity contribution is -0.137. The summed E-state index contributed by atoms with van der Waals surface area (Å²) in [6.07, 6.45) is 5.23. The second-order valence-electron chi connectivity index (χ2n) is 7.10. The van der Waals surface area contributed by atoms with Gasteiger partial charge in [-0.05, 0) is 52.5 Å². The van der Waals surface area contributed by atoms with Crippen molar-refractivity contribution in [2.24, 2.45) is 0 Å². The molecule has 3 rings (SSSR count). The molecule has 0 fully saturated rings. The van der Waals surface area contributed by atoms with Crippen molar-refractivity contribution in [1.29, 1.82) is 0 Å². The molecule has 0 heterocycles. The van der Waals surface area contributed by atoms with Crippen molar-refractivity contribution in [3.05, 3.63) is 114 Å². The van der Waals surface area contributed by atoms with Gasteiger partial charge in [-0.25, -0.2) is 4.79 Å². The Kier molecular flexibility index (Phi) is 8.24. The summed E-state index contributed by atoms with van der Waals surface area (Å²) in [7, 11) is 1.66. The molecule has 0 saturated heterocycles. The van der Waals surface area contributed by atoms with Gasteiger partial charge in [-0.2, -0.15) is 0 Å². The highest BCUT2D eigenvalue weighted by Crippen LogP contribution is 2.34. The maximum atomic E-state index is 12.3. The van der Waals surface area contributed by atoms with E-state index in [1.54, 1.807) is 7.11 Å². The van der Waals surface area contributed by atoms with E-state index in [1.807, 2.05) is 66.7 Å². The van der Waals surface area contributed by atoms with Gasteiger partial charge in [0.2, 0.25) is 0 Å². The number of hydrogen-bond donors (Lipinski definition) is 0. The Bertz CT molecular complexity index is 1020. The molecule has 31 heavy (non-hydrogen) atoms. The first-order valence-electron chi connectivity index (χ1n) is 10.6. The van der Waals surface area contributed by atoms with Crippen molar-refractivity contribution in [2.45, 2.75) is 19.8 Å². The van der Waals surface area contributed by atoms with Gasteiger partial charge in [0.05, 0.1) is 13.7 Å². The zero-order chi connectivity index (χ0) is 21.9. The molecule has 3 aromatic rings. The molecule has 0 aliphatic rings. The lowest BCUT2D eigenvalue weighted by atomic mass is 9.89. The van der Waals surface area contributed by atoms with Crippen molar-refractivity contribution in [3.63, 3.8) is 0 Å². The normalized spacial score (nSPS) is 11.8. The molecule has 0 N–H and O–H groups in total. The van der Waals surface area contributed by atoms with E-state index in [2.05, 4.69) is 31.2 Å². The molecule has 0 spiro atoms. The average Bonchev–Trinajstić information content (AvgIpc) is 2.83. The van der Waals surface area contributed by atoms with E-state index >= 15 is 0 Å². The molecule has 3 aromatic carbocycles. The van der Waals surface area contributed by atoms with Crippen molar-refractivity contribution in [1.82, 2.24) is 0 Å². The number of allylic oxidation sites excluding steroid dienone is 2. The molecule has 0 amide bonds. The van der Waals surface area contributed by atoms with E-state index in [4.69, 9.17) is 9.47 Å². The third-order valence-electron chi connectivity index (χ3n) is 4.92. The van der Waals surface area contributed by atoms with Crippen LogP contribution in [0.15, 0.2) is 97.1 Å². The summed E-state index contributed by atoms with van der Waals surface area (Å²) >= 11 is 0. The highest BCUT2D eigenvalue weighted by molar-refractivity contribution is 6.03. The first-order chi connectivity index (χ1) is 15.2. The Morgan fingerprint density at radius 2 is 1.35 bits per heavy atom. The van der Waals surface area contributed by atoms with Gasteiger partial charge in [-0.3, -0.25) is 0 Å². The van der Waals surface area contributed by atoms with E-state index < -0.39 is 0 Å². The van der Waals surface area contributed by atoms with Crippen molar-refractivity contribution >= 4 is 17.1 Å². The van der Waals surface area contributed by atoms with E-state index in [0.29, 0.717) is 6.61 Å². The van der Waals surface area contributed by atoms with Crippen LogP contribution in [-0.4, -0.2) is 19.7 Å². The molecule has 0 atom stereocenters. The molecule has 0 aliphatic heterocycles. The molecule has 0 saturated carbocycles. The van der Waals surface area contributed by atoms with Crippen LogP contribution in [0.1, 0.15) is 36.5 Å². The number of ether oxygens (including phenoxy) is 2. The van der Waals surface area contributed by atoms with E-state index in [-0.39, 0.29) is 5.97 Å². The van der Waals surface area contributed by atoms with Crippen LogP contribution in [-0.2, 0) is 9.53 Å². The topological polar surface area (TPSA) is 35.5 Å². The smallest absolute Gasteiger partial charge is 0.330 e. The summed E-state index contributed by atoms with van der Waals surface area (Å²) in [4.78, 5) is 12.3. The Labute approximate surface area is 184 Å². The van der Waals surface area contributed by atoms with Crippen LogP contribution in [0.4, 0.5) is 0 Å². The highest BCUT2D eigenvalue weighted by atomic mass is 16.5. The van der Waals surface area contributed by atoms with E-state index in [0.717, 1.165) is 46.4 Å². The molecular formula is C28H28O3. The fourth-order valence-corrected chi connectivity index (χ4v) is 3.30. The number of rotatable bonds is 9. The summed E-state index contributed by atoms with van der Waals surface area (Å²) in [6.45, 7) is 2.51. The first-order valence-corrected chi connectivity index (χ1v) is 10.6. The summed E-state index contributed by atoms with van der Waals surface area (Å²) < 4.78 is 10.7. The molecule has 3 heteroatoms. The summed E-state index contributed by atoms with van der Waals surface area (Å²) in [6, 6.07) is 28.3. The highest BCUT2D eigenvalue weighted by Gasteiger charge is 2.13. The van der Waals surface area contributed by atoms with Gasteiger partial charge < -0.3 is 9.47 Å². The monoisotopic (exact) mass is 412 g/mol. The standard InChI is InChI=1S/C28H28O3/c1-3-4-21-31-27(29)20-19-26(22-11-7-5-8-12-22)28(23-13-9-6-10-14-23)24-15-17-25(30-2)18-16-24/h5-20H,3-4,21H2,1-2H3/b20-19+,28-26-. The second-order valence-corrected chi connectivity index (χ2v) is 7.10. The largest absolute Gasteiger partial charge is 0.497 e. The van der Waals surface area contributed by atoms with Crippen molar-refractivity contribution < 1.29 is 14.3 Å². The van der Waals surface area contributed by atoms with Gasteiger partial charge >= 0.3 is 5.97 Å². The Morgan fingerprint density at radius 3 is 1.94 bits per heavy atom. The first kappa shape index (κ1) is 22.1. The second kappa shape index (κ2) is 11.6. The summed E-state index contributed by atoms with van der Waals surface area (Å²) in [5.41, 5.74) is 5.11. The van der Waals surface area contributed by atoms with Crippen LogP contribution >= 0.6 is 0 Å². The fraction of sp³-hybridized carbons (Fsp3) is 0.179. The van der Waals surface area contributed by atoms with Crippen LogP contribution in [0.3, 0.4) is 0 Å². The predicted octanol–water partition coefficient (Wildman–Crippen LogP) is 6.55. The number of hydrogen-bond acceptors (Lipinski definition) is 3. The van der Waals surface area contributed by atoms with Gasteiger partial charge in [-0.15, -0.1) is 0 Å². The van der Waals surface area contributed by atoms with Crippen molar-refractivity contribution in [2.75, 3.05) is 13.7 Å². The summed E-state index contributed by atoms with van der Waals surface area (Å²) in [5, 5.41) is 0. The van der Waals surface area contributed by atoms with Gasteiger partial charge in [0.25, 0.3) is 0 Å². The third kappa shape index (κ3) is 6.19. The van der Waals surface area contributed by atoms with Crippen LogP contribution in [0.2, 0.25) is 0 Å². The lowest BCUT2D eigenvalue weighted by Crippen LogP contribution is -2.02. The minimum Gasteiger partial charge on any atom is -0.497 e. The quantitative estimate of drug-likeness (QED) is 0.131. The molecule has 0 aromatic heterocycles. The zero-order valence-electron chi connectivity index (χ0n) is 18.1. The fourth-order valence-electron chi connectivity index (χ4n) is 3.30. The lowest BCUT2D eigenvalue weighted by Gasteiger charge is -2.15. The molecule has 0 bridgehead atoms. The predicted molar refractivity (Wildman–Crippen MR) is 127 cm³/mol. The minimum absolute atomic E-state index is 0.330. The molecule has 0 radical (unpaired) electrons. The van der Waals surface area contributed by atoms with E-state index in [9.17, 15) is 4.79 Å². The van der Waals surface area contributed by atoms with Crippen LogP contribution in [0.25, 0.3) is 11.1 Å². The number of carbonyl (C=O) groups excluding carboxylic acids is 1. The van der Waals surface area contributed by atoms with E-state index in [1.165, 1.54) is 6.08 Å². The van der Waals surface area contributed by atoms with Gasteiger partial charge in [0.15, 0.2) is 0 Å². The number of carbonyl (C=O) groups is 1. The molecule has 0 aliphatic carbocycles. The number of methoxy groups -OCH3 is 1. The molecular weight excluding hydrogens is 384 g/mol. The van der Waals surface area contributed by atoms with Crippen LogP contribution < -0.4 is 4.74 Å². The number of esters is 1. The van der Waals surface area contributed by atoms with Crippen LogP contribution in [0.5, 0.6) is 5.75 Å². The molecule has 3 nitrogen and oxygen atoms in total. The molecule has 0 unspecified atom stereocenters. The SMILES string of the molecule is CCCCOC(=O)/C=C/C(=C(\c1ccccc1)c1ccc(OC)cc1)c1ccccc1.